The van der Waals surface area contributed by atoms with Crippen LogP contribution in [0.2, 0.25) is 10.2 Å². The molecule has 23 heavy (non-hydrogen) atoms. The minimum atomic E-state index is -2.58. The molecule has 0 radical (unpaired) electrons. The van der Waals surface area contributed by atoms with Crippen molar-refractivity contribution < 1.29 is 13.6 Å². The van der Waals surface area contributed by atoms with E-state index in [1.807, 2.05) is 0 Å². The molecule has 0 bridgehead atoms. The molecule has 0 spiro atoms. The zero-order valence-electron chi connectivity index (χ0n) is 11.5. The third-order valence-electron chi connectivity index (χ3n) is 3.30. The van der Waals surface area contributed by atoms with Crippen LogP contribution in [0.15, 0.2) is 24.3 Å². The Labute approximate surface area is 139 Å². The van der Waals surface area contributed by atoms with Crippen molar-refractivity contribution in [2.45, 2.75) is 13.0 Å². The van der Waals surface area contributed by atoms with Crippen LogP contribution in [0.4, 0.5) is 8.78 Å². The third kappa shape index (κ3) is 3.02. The van der Waals surface area contributed by atoms with Gasteiger partial charge in [-0.15, -0.1) is 0 Å². The molecule has 1 aromatic carbocycles. The number of aromatic nitrogens is 3. The number of amides is 1. The summed E-state index contributed by atoms with van der Waals surface area (Å²) in [7, 11) is 0. The maximum atomic E-state index is 12.7. The van der Waals surface area contributed by atoms with Crippen molar-refractivity contribution in [1.82, 2.24) is 14.8 Å². The van der Waals surface area contributed by atoms with E-state index in [1.165, 1.54) is 12.1 Å². The van der Waals surface area contributed by atoms with Crippen LogP contribution < -0.4 is 5.73 Å². The summed E-state index contributed by atoms with van der Waals surface area (Å²) in [5, 5.41) is 4.90. The van der Waals surface area contributed by atoms with Gasteiger partial charge in [0.15, 0.2) is 5.15 Å². The number of nitrogens with zero attached hydrogens (tertiary/aromatic N) is 2. The molecule has 0 fully saturated rings. The summed E-state index contributed by atoms with van der Waals surface area (Å²) in [5.41, 5.74) is 6.87. The maximum Gasteiger partial charge on any atom is 0.257 e. The second-order valence-corrected chi connectivity index (χ2v) is 5.71. The van der Waals surface area contributed by atoms with E-state index >= 15 is 0 Å². The van der Waals surface area contributed by atoms with Crippen LogP contribution in [0.25, 0.3) is 22.3 Å². The minimum Gasteiger partial charge on any atom is -0.366 e. The van der Waals surface area contributed by atoms with Gasteiger partial charge in [0.05, 0.1) is 22.5 Å². The smallest absolute Gasteiger partial charge is 0.257 e. The highest BCUT2D eigenvalue weighted by atomic mass is 35.5. The predicted octanol–water partition coefficient (Wildman–Crippen LogP) is 3.70. The summed E-state index contributed by atoms with van der Waals surface area (Å²) in [6, 6.07) is 6.21. The van der Waals surface area contributed by atoms with E-state index in [1.54, 1.807) is 12.1 Å². The molecule has 3 N–H and O–H groups in total. The third-order valence-corrected chi connectivity index (χ3v) is 3.70. The van der Waals surface area contributed by atoms with Crippen LogP contribution in [0.1, 0.15) is 10.4 Å². The maximum absolute atomic E-state index is 12.7. The lowest BCUT2D eigenvalue weighted by atomic mass is 10.1. The number of H-pyrrole nitrogens is 1. The summed E-state index contributed by atoms with van der Waals surface area (Å²) in [6.45, 7) is -0.596. The average Bonchev–Trinajstić information content (AvgIpc) is 3.00. The quantitative estimate of drug-likeness (QED) is 0.745. The number of nitrogens with two attached hydrogens (primary N) is 1. The Morgan fingerprint density at radius 2 is 2.04 bits per heavy atom. The molecule has 1 amide bonds. The second-order valence-electron chi connectivity index (χ2n) is 4.89. The summed E-state index contributed by atoms with van der Waals surface area (Å²) >= 11 is 11.8. The van der Waals surface area contributed by atoms with Crippen LogP contribution in [0, 0.1) is 0 Å². The van der Waals surface area contributed by atoms with E-state index in [0.717, 1.165) is 4.68 Å². The fourth-order valence-corrected chi connectivity index (χ4v) is 2.83. The van der Waals surface area contributed by atoms with Gasteiger partial charge in [0, 0.05) is 16.5 Å². The molecule has 0 unspecified atom stereocenters. The van der Waals surface area contributed by atoms with Gasteiger partial charge in [0.2, 0.25) is 0 Å². The number of aromatic amines is 1. The molecule has 0 atom stereocenters. The van der Waals surface area contributed by atoms with E-state index in [2.05, 4.69) is 10.1 Å². The number of carbonyl (C=O) groups excluding carboxylic acids is 1. The van der Waals surface area contributed by atoms with Gasteiger partial charge in [-0.2, -0.15) is 5.10 Å². The van der Waals surface area contributed by atoms with Crippen molar-refractivity contribution in [3.05, 3.63) is 40.0 Å². The zero-order chi connectivity index (χ0) is 16.7. The van der Waals surface area contributed by atoms with E-state index in [4.69, 9.17) is 28.9 Å². The molecule has 2 aromatic heterocycles. The number of halogens is 4. The number of hydrogen-bond acceptors (Lipinski definition) is 2. The van der Waals surface area contributed by atoms with Gasteiger partial charge < -0.3 is 10.7 Å². The fourth-order valence-electron chi connectivity index (χ4n) is 2.41. The van der Waals surface area contributed by atoms with Crippen molar-refractivity contribution in [2.24, 2.45) is 5.73 Å². The summed E-state index contributed by atoms with van der Waals surface area (Å²) in [4.78, 5) is 14.5. The largest absolute Gasteiger partial charge is 0.366 e. The lowest BCUT2D eigenvalue weighted by Crippen LogP contribution is -2.11. The zero-order valence-corrected chi connectivity index (χ0v) is 13.0. The summed E-state index contributed by atoms with van der Waals surface area (Å²) in [5.74, 6) is -0.648. The lowest BCUT2D eigenvalue weighted by molar-refractivity contribution is 0.100. The van der Waals surface area contributed by atoms with E-state index in [9.17, 15) is 13.6 Å². The molecule has 0 saturated carbocycles. The topological polar surface area (TPSA) is 76.7 Å². The first-order valence-corrected chi connectivity index (χ1v) is 7.24. The number of carbonyl (C=O) groups is 1. The molecule has 2 heterocycles. The monoisotopic (exact) mass is 358 g/mol. The van der Waals surface area contributed by atoms with Crippen molar-refractivity contribution in [3.8, 4) is 11.4 Å². The number of rotatable bonds is 4. The highest BCUT2D eigenvalue weighted by molar-refractivity contribution is 6.32. The molecular weight excluding hydrogens is 349 g/mol. The molecule has 5 nitrogen and oxygen atoms in total. The molecule has 3 aromatic rings. The molecule has 9 heteroatoms. The summed E-state index contributed by atoms with van der Waals surface area (Å²) in [6.07, 6.45) is -2.58. The Bertz CT molecular complexity index is 904. The van der Waals surface area contributed by atoms with Gasteiger partial charge in [0.25, 0.3) is 12.3 Å². The standard InChI is InChI=1S/C14H10Cl2F2N4O/c15-7-1-6-2-9(20-13(6)8(3-7)14(19)23)10-4-11(16)21-22(10)5-12(17)18/h1-4,12,20H,5H2,(H2,19,23). The Kier molecular flexibility index (Phi) is 3.99. The van der Waals surface area contributed by atoms with Crippen LogP contribution in [0.3, 0.4) is 0 Å². The molecule has 0 aliphatic rings. The van der Waals surface area contributed by atoms with Crippen molar-refractivity contribution in [2.75, 3.05) is 0 Å². The fraction of sp³-hybridized carbons (Fsp3) is 0.143. The highest BCUT2D eigenvalue weighted by Gasteiger charge is 2.17. The number of benzene rings is 1. The molecular formula is C14H10Cl2F2N4O. The van der Waals surface area contributed by atoms with Gasteiger partial charge in [0.1, 0.15) is 6.54 Å². The molecule has 0 aliphatic carbocycles. The van der Waals surface area contributed by atoms with Crippen LogP contribution in [-0.2, 0) is 6.54 Å². The number of hydrogen-bond donors (Lipinski definition) is 2. The van der Waals surface area contributed by atoms with Crippen molar-refractivity contribution >= 4 is 40.0 Å². The predicted molar refractivity (Wildman–Crippen MR) is 84.1 cm³/mol. The Morgan fingerprint density at radius 1 is 1.30 bits per heavy atom. The lowest BCUT2D eigenvalue weighted by Gasteiger charge is -2.04. The number of fused-ring (bicyclic) bond motifs is 1. The Hall–Kier alpha value is -2.12. The Balaban J connectivity index is 2.18. The number of primary amides is 1. The first-order valence-electron chi connectivity index (χ1n) is 6.49. The summed E-state index contributed by atoms with van der Waals surface area (Å²) < 4.78 is 26.4. The van der Waals surface area contributed by atoms with Crippen LogP contribution in [-0.4, -0.2) is 27.1 Å². The van der Waals surface area contributed by atoms with Gasteiger partial charge in [-0.3, -0.25) is 9.48 Å². The van der Waals surface area contributed by atoms with Gasteiger partial charge in [-0.1, -0.05) is 23.2 Å². The molecule has 3 rings (SSSR count). The average molecular weight is 359 g/mol. The van der Waals surface area contributed by atoms with Gasteiger partial charge >= 0.3 is 0 Å². The van der Waals surface area contributed by atoms with Crippen LogP contribution in [0.5, 0.6) is 0 Å². The van der Waals surface area contributed by atoms with Gasteiger partial charge in [-0.25, -0.2) is 8.78 Å². The SMILES string of the molecule is NC(=O)c1cc(Cl)cc2cc(-c3cc(Cl)nn3CC(F)F)[nH]c12. The highest BCUT2D eigenvalue weighted by Crippen LogP contribution is 2.30. The molecule has 0 aliphatic heterocycles. The number of alkyl halides is 2. The first kappa shape index (κ1) is 15.8. The Morgan fingerprint density at radius 3 is 2.70 bits per heavy atom. The van der Waals surface area contributed by atoms with Crippen LogP contribution >= 0.6 is 23.2 Å². The van der Waals surface area contributed by atoms with Crippen molar-refractivity contribution in [3.63, 3.8) is 0 Å². The molecule has 120 valence electrons. The molecule has 0 saturated heterocycles. The minimum absolute atomic E-state index is 0.0902. The van der Waals surface area contributed by atoms with E-state index in [-0.39, 0.29) is 10.7 Å². The second kappa shape index (κ2) is 5.82. The van der Waals surface area contributed by atoms with Crippen molar-refractivity contribution in [1.29, 1.82) is 0 Å². The van der Waals surface area contributed by atoms with Gasteiger partial charge in [-0.05, 0) is 18.2 Å². The normalized spacial score (nSPS) is 11.5. The van der Waals surface area contributed by atoms with E-state index in [0.29, 0.717) is 27.3 Å². The number of nitrogens with one attached hydrogen (secondary N) is 1. The van der Waals surface area contributed by atoms with E-state index < -0.39 is 18.9 Å². The first-order chi connectivity index (χ1) is 10.8.